The maximum Gasteiger partial charge on any atom is 0.255 e. The summed E-state index contributed by atoms with van der Waals surface area (Å²) in [5.41, 5.74) is 6.57. The van der Waals surface area contributed by atoms with Crippen molar-refractivity contribution in [1.29, 1.82) is 0 Å². The molecule has 1 aromatic rings. The van der Waals surface area contributed by atoms with E-state index in [1.807, 2.05) is 36.3 Å². The van der Waals surface area contributed by atoms with Crippen molar-refractivity contribution in [2.24, 2.45) is 5.73 Å². The number of nitrogens with zero attached hydrogens (tertiary/aromatic N) is 1. The number of amides is 1. The molecule has 1 aliphatic rings. The molecule has 0 radical (unpaired) electrons. The monoisotopic (exact) mass is 326 g/mol. The molecule has 1 aliphatic carbocycles. The summed E-state index contributed by atoms with van der Waals surface area (Å²) in [6, 6.07) is 6.23. The SMILES string of the molecule is CCN(C(=O)c1cc(SC)ccc1Cl)C1CCC(N)CC1. The fourth-order valence-electron chi connectivity index (χ4n) is 2.93. The summed E-state index contributed by atoms with van der Waals surface area (Å²) in [6.07, 6.45) is 5.96. The van der Waals surface area contributed by atoms with Gasteiger partial charge in [0.1, 0.15) is 0 Å². The third-order valence-electron chi connectivity index (χ3n) is 4.19. The number of carbonyl (C=O) groups is 1. The van der Waals surface area contributed by atoms with E-state index in [2.05, 4.69) is 0 Å². The van der Waals surface area contributed by atoms with Crippen LogP contribution in [0.5, 0.6) is 0 Å². The van der Waals surface area contributed by atoms with Gasteiger partial charge in [-0.05, 0) is 57.1 Å². The molecule has 1 saturated carbocycles. The second kappa shape index (κ2) is 7.52. The van der Waals surface area contributed by atoms with E-state index in [1.165, 1.54) is 0 Å². The predicted octanol–water partition coefficient (Wildman–Crippen LogP) is 3.79. The van der Waals surface area contributed by atoms with Gasteiger partial charge in [-0.25, -0.2) is 0 Å². The van der Waals surface area contributed by atoms with Crippen LogP contribution >= 0.6 is 23.4 Å². The first-order chi connectivity index (χ1) is 10.1. The van der Waals surface area contributed by atoms with Gasteiger partial charge in [0.25, 0.3) is 5.91 Å². The van der Waals surface area contributed by atoms with Crippen molar-refractivity contribution in [3.8, 4) is 0 Å². The Balaban J connectivity index is 2.20. The van der Waals surface area contributed by atoms with E-state index in [-0.39, 0.29) is 11.9 Å². The number of thioether (sulfide) groups is 1. The second-order valence-electron chi connectivity index (χ2n) is 5.51. The summed E-state index contributed by atoms with van der Waals surface area (Å²) in [7, 11) is 0. The van der Waals surface area contributed by atoms with Crippen molar-refractivity contribution in [1.82, 2.24) is 4.90 Å². The van der Waals surface area contributed by atoms with Crippen molar-refractivity contribution >= 4 is 29.3 Å². The summed E-state index contributed by atoms with van der Waals surface area (Å²) in [5, 5.41) is 0.531. The maximum absolute atomic E-state index is 12.8. The highest BCUT2D eigenvalue weighted by molar-refractivity contribution is 7.98. The van der Waals surface area contributed by atoms with Gasteiger partial charge >= 0.3 is 0 Å². The van der Waals surface area contributed by atoms with Crippen LogP contribution in [0.2, 0.25) is 5.02 Å². The van der Waals surface area contributed by atoms with E-state index in [4.69, 9.17) is 17.3 Å². The Hall–Kier alpha value is -0.710. The zero-order valence-corrected chi connectivity index (χ0v) is 14.2. The molecule has 5 heteroatoms. The molecule has 1 fully saturated rings. The molecule has 0 heterocycles. The Morgan fingerprint density at radius 1 is 1.38 bits per heavy atom. The summed E-state index contributed by atoms with van der Waals surface area (Å²) in [5.74, 6) is 0.0406. The average molecular weight is 327 g/mol. The van der Waals surface area contributed by atoms with E-state index in [9.17, 15) is 4.79 Å². The highest BCUT2D eigenvalue weighted by atomic mass is 35.5. The molecule has 0 atom stereocenters. The molecule has 1 aromatic carbocycles. The zero-order chi connectivity index (χ0) is 15.4. The number of benzene rings is 1. The van der Waals surface area contributed by atoms with Crippen LogP contribution in [0.15, 0.2) is 23.1 Å². The van der Waals surface area contributed by atoms with Crippen molar-refractivity contribution < 1.29 is 4.79 Å². The van der Waals surface area contributed by atoms with Crippen molar-refractivity contribution in [3.05, 3.63) is 28.8 Å². The van der Waals surface area contributed by atoms with E-state index < -0.39 is 0 Å². The largest absolute Gasteiger partial charge is 0.336 e. The molecule has 0 aromatic heterocycles. The van der Waals surface area contributed by atoms with Crippen LogP contribution in [0.4, 0.5) is 0 Å². The quantitative estimate of drug-likeness (QED) is 0.856. The minimum absolute atomic E-state index is 0.0406. The fraction of sp³-hybridized carbons (Fsp3) is 0.562. The van der Waals surface area contributed by atoms with Gasteiger partial charge in [-0.15, -0.1) is 11.8 Å². The van der Waals surface area contributed by atoms with Gasteiger partial charge in [0.15, 0.2) is 0 Å². The molecule has 21 heavy (non-hydrogen) atoms. The highest BCUT2D eigenvalue weighted by Gasteiger charge is 2.28. The van der Waals surface area contributed by atoms with E-state index in [0.29, 0.717) is 23.2 Å². The Morgan fingerprint density at radius 3 is 2.62 bits per heavy atom. The molecule has 0 spiro atoms. The van der Waals surface area contributed by atoms with E-state index in [1.54, 1.807) is 11.8 Å². The van der Waals surface area contributed by atoms with Gasteiger partial charge in [0.05, 0.1) is 10.6 Å². The van der Waals surface area contributed by atoms with Crippen LogP contribution in [0, 0.1) is 0 Å². The lowest BCUT2D eigenvalue weighted by molar-refractivity contribution is 0.0640. The fourth-order valence-corrected chi connectivity index (χ4v) is 3.57. The standard InChI is InChI=1S/C16H23ClN2OS/c1-3-19(12-6-4-11(18)5-7-12)16(20)14-10-13(21-2)8-9-15(14)17/h8-12H,3-7,18H2,1-2H3. The van der Waals surface area contributed by atoms with Crippen molar-refractivity contribution in [2.75, 3.05) is 12.8 Å². The minimum atomic E-state index is 0.0406. The van der Waals surface area contributed by atoms with Gasteiger partial charge < -0.3 is 10.6 Å². The molecular formula is C16H23ClN2OS. The summed E-state index contributed by atoms with van der Waals surface area (Å²) in [6.45, 7) is 2.73. The maximum atomic E-state index is 12.8. The molecule has 0 saturated heterocycles. The number of hydrogen-bond donors (Lipinski definition) is 1. The normalized spacial score (nSPS) is 22.1. The highest BCUT2D eigenvalue weighted by Crippen LogP contribution is 2.28. The minimum Gasteiger partial charge on any atom is -0.336 e. The number of rotatable bonds is 4. The molecular weight excluding hydrogens is 304 g/mol. The molecule has 3 nitrogen and oxygen atoms in total. The first kappa shape index (κ1) is 16.7. The van der Waals surface area contributed by atoms with E-state index >= 15 is 0 Å². The second-order valence-corrected chi connectivity index (χ2v) is 6.79. The van der Waals surface area contributed by atoms with Gasteiger partial charge in [-0.3, -0.25) is 4.79 Å². The van der Waals surface area contributed by atoms with Gasteiger partial charge in [0, 0.05) is 23.5 Å². The van der Waals surface area contributed by atoms with Crippen LogP contribution in [-0.4, -0.2) is 35.7 Å². The predicted molar refractivity (Wildman–Crippen MR) is 90.2 cm³/mol. The average Bonchev–Trinajstić information content (AvgIpc) is 2.50. The van der Waals surface area contributed by atoms with Gasteiger partial charge in [-0.1, -0.05) is 11.6 Å². The lowest BCUT2D eigenvalue weighted by Crippen LogP contribution is -2.44. The Kier molecular flexibility index (Phi) is 5.97. The molecule has 116 valence electrons. The van der Waals surface area contributed by atoms with Crippen LogP contribution in [0.1, 0.15) is 43.0 Å². The molecule has 2 N–H and O–H groups in total. The Bertz CT molecular complexity index is 501. The Morgan fingerprint density at radius 2 is 2.05 bits per heavy atom. The first-order valence-corrected chi connectivity index (χ1v) is 9.07. The van der Waals surface area contributed by atoms with Crippen molar-refractivity contribution in [3.63, 3.8) is 0 Å². The molecule has 0 bridgehead atoms. The van der Waals surface area contributed by atoms with Gasteiger partial charge in [0.2, 0.25) is 0 Å². The third-order valence-corrected chi connectivity index (χ3v) is 5.24. The number of nitrogens with two attached hydrogens (primary N) is 1. The Labute approximate surface area is 136 Å². The topological polar surface area (TPSA) is 46.3 Å². The van der Waals surface area contributed by atoms with Crippen LogP contribution in [0.3, 0.4) is 0 Å². The van der Waals surface area contributed by atoms with Crippen LogP contribution < -0.4 is 5.73 Å². The summed E-state index contributed by atoms with van der Waals surface area (Å²) >= 11 is 7.85. The number of halogens is 1. The van der Waals surface area contributed by atoms with E-state index in [0.717, 1.165) is 30.6 Å². The lowest BCUT2D eigenvalue weighted by Gasteiger charge is -2.35. The number of carbonyl (C=O) groups excluding carboxylic acids is 1. The van der Waals surface area contributed by atoms with Crippen molar-refractivity contribution in [2.45, 2.75) is 49.6 Å². The van der Waals surface area contributed by atoms with Crippen LogP contribution in [-0.2, 0) is 0 Å². The smallest absolute Gasteiger partial charge is 0.255 e. The van der Waals surface area contributed by atoms with Crippen LogP contribution in [0.25, 0.3) is 0 Å². The lowest BCUT2D eigenvalue weighted by atomic mass is 9.90. The third kappa shape index (κ3) is 3.93. The molecule has 0 aliphatic heterocycles. The zero-order valence-electron chi connectivity index (χ0n) is 12.6. The summed E-state index contributed by atoms with van der Waals surface area (Å²) in [4.78, 5) is 15.9. The molecule has 2 rings (SSSR count). The van der Waals surface area contributed by atoms with Gasteiger partial charge in [-0.2, -0.15) is 0 Å². The first-order valence-electron chi connectivity index (χ1n) is 7.46. The molecule has 0 unspecified atom stereocenters. The summed E-state index contributed by atoms with van der Waals surface area (Å²) < 4.78 is 0. The number of hydrogen-bond acceptors (Lipinski definition) is 3. The molecule has 1 amide bonds.